The molecule has 2 rings (SSSR count). The molecule has 4 nitrogen and oxygen atoms in total. The minimum atomic E-state index is -0.0767. The van der Waals surface area contributed by atoms with Crippen LogP contribution in [0.25, 0.3) is 0 Å². The summed E-state index contributed by atoms with van der Waals surface area (Å²) in [6, 6.07) is 0. The second-order valence-corrected chi connectivity index (χ2v) is 6.57. The molecule has 0 amide bonds. The highest BCUT2D eigenvalue weighted by Crippen LogP contribution is 2.36. The van der Waals surface area contributed by atoms with Crippen molar-refractivity contribution >= 4 is 5.82 Å². The molecular weight excluding hydrogens is 250 g/mol. The SMILES string of the molecule is CCNc1nc(C(OC)C(C)(C)C)nc2c1CCCC2. The van der Waals surface area contributed by atoms with Crippen molar-refractivity contribution in [3.05, 3.63) is 17.1 Å². The van der Waals surface area contributed by atoms with Crippen LogP contribution in [0.15, 0.2) is 0 Å². The Kier molecular flexibility index (Phi) is 4.63. The molecule has 0 aliphatic heterocycles. The summed E-state index contributed by atoms with van der Waals surface area (Å²) in [6.07, 6.45) is 4.53. The fourth-order valence-electron chi connectivity index (χ4n) is 2.89. The van der Waals surface area contributed by atoms with Gasteiger partial charge < -0.3 is 10.1 Å². The summed E-state index contributed by atoms with van der Waals surface area (Å²) in [6.45, 7) is 9.48. The van der Waals surface area contributed by atoms with E-state index in [0.717, 1.165) is 31.0 Å². The highest BCUT2D eigenvalue weighted by Gasteiger charge is 2.30. The van der Waals surface area contributed by atoms with Gasteiger partial charge in [0.25, 0.3) is 0 Å². The first-order valence-corrected chi connectivity index (χ1v) is 7.63. The fraction of sp³-hybridized carbons (Fsp3) is 0.750. The molecule has 1 heterocycles. The second kappa shape index (κ2) is 6.08. The Bertz CT molecular complexity index is 466. The lowest BCUT2D eigenvalue weighted by Crippen LogP contribution is -2.25. The van der Waals surface area contributed by atoms with Crippen LogP contribution in [0.5, 0.6) is 0 Å². The summed E-state index contributed by atoms with van der Waals surface area (Å²) in [5, 5.41) is 3.40. The minimum absolute atomic E-state index is 0.0128. The van der Waals surface area contributed by atoms with Gasteiger partial charge in [0.1, 0.15) is 11.9 Å². The standard InChI is InChI=1S/C16H27N3O/c1-6-17-14-11-9-7-8-10-12(11)18-15(19-14)13(20-5)16(2,3)4/h13H,6-10H2,1-5H3,(H,17,18,19). The molecule has 1 N–H and O–H groups in total. The largest absolute Gasteiger partial charge is 0.373 e. The molecule has 112 valence electrons. The third-order valence-corrected chi connectivity index (χ3v) is 3.80. The van der Waals surface area contributed by atoms with E-state index in [-0.39, 0.29) is 11.5 Å². The Hall–Kier alpha value is -1.16. The third-order valence-electron chi connectivity index (χ3n) is 3.80. The number of hydrogen-bond donors (Lipinski definition) is 1. The molecule has 1 unspecified atom stereocenters. The Balaban J connectivity index is 2.46. The Morgan fingerprint density at radius 3 is 2.50 bits per heavy atom. The van der Waals surface area contributed by atoms with E-state index in [4.69, 9.17) is 14.7 Å². The van der Waals surface area contributed by atoms with Gasteiger partial charge in [-0.25, -0.2) is 9.97 Å². The van der Waals surface area contributed by atoms with E-state index in [1.165, 1.54) is 24.1 Å². The molecule has 0 spiro atoms. The Morgan fingerprint density at radius 2 is 1.90 bits per heavy atom. The quantitative estimate of drug-likeness (QED) is 0.914. The minimum Gasteiger partial charge on any atom is -0.373 e. The maximum atomic E-state index is 5.67. The predicted molar refractivity (Wildman–Crippen MR) is 82.0 cm³/mol. The van der Waals surface area contributed by atoms with Crippen LogP contribution in [0.4, 0.5) is 5.82 Å². The lowest BCUT2D eigenvalue weighted by Gasteiger charge is -2.29. The van der Waals surface area contributed by atoms with Gasteiger partial charge in [-0.1, -0.05) is 20.8 Å². The molecule has 0 radical (unpaired) electrons. The van der Waals surface area contributed by atoms with Crippen LogP contribution in [0, 0.1) is 5.41 Å². The smallest absolute Gasteiger partial charge is 0.160 e. The summed E-state index contributed by atoms with van der Waals surface area (Å²) in [5.41, 5.74) is 2.51. The van der Waals surface area contributed by atoms with Gasteiger partial charge in [0, 0.05) is 24.9 Å². The average molecular weight is 277 g/mol. The number of aromatic nitrogens is 2. The fourth-order valence-corrected chi connectivity index (χ4v) is 2.89. The lowest BCUT2D eigenvalue weighted by atomic mass is 9.88. The molecule has 0 aromatic carbocycles. The van der Waals surface area contributed by atoms with Gasteiger partial charge in [0.2, 0.25) is 0 Å². The summed E-state index contributed by atoms with van der Waals surface area (Å²) >= 11 is 0. The molecule has 0 fully saturated rings. The number of nitrogens with one attached hydrogen (secondary N) is 1. The predicted octanol–water partition coefficient (Wildman–Crippen LogP) is 3.52. The van der Waals surface area contributed by atoms with Crippen LogP contribution in [0.1, 0.15) is 63.7 Å². The van der Waals surface area contributed by atoms with Crippen LogP contribution < -0.4 is 5.32 Å². The first kappa shape index (κ1) is 15.2. The zero-order valence-corrected chi connectivity index (χ0v) is 13.4. The summed E-state index contributed by atoms with van der Waals surface area (Å²) in [5.74, 6) is 1.83. The lowest BCUT2D eigenvalue weighted by molar-refractivity contribution is 0.00855. The van der Waals surface area contributed by atoms with Crippen LogP contribution in [-0.2, 0) is 17.6 Å². The van der Waals surface area contributed by atoms with Crippen molar-refractivity contribution in [2.45, 2.75) is 59.5 Å². The van der Waals surface area contributed by atoms with Crippen molar-refractivity contribution in [3.63, 3.8) is 0 Å². The molecular formula is C16H27N3O. The van der Waals surface area contributed by atoms with Gasteiger partial charge >= 0.3 is 0 Å². The highest BCUT2D eigenvalue weighted by atomic mass is 16.5. The molecule has 4 heteroatoms. The van der Waals surface area contributed by atoms with E-state index < -0.39 is 0 Å². The van der Waals surface area contributed by atoms with Gasteiger partial charge in [0.15, 0.2) is 5.82 Å². The van der Waals surface area contributed by atoms with Crippen molar-refractivity contribution in [1.29, 1.82) is 0 Å². The van der Waals surface area contributed by atoms with E-state index >= 15 is 0 Å². The number of rotatable bonds is 4. The van der Waals surface area contributed by atoms with Gasteiger partial charge in [-0.2, -0.15) is 0 Å². The second-order valence-electron chi connectivity index (χ2n) is 6.57. The van der Waals surface area contributed by atoms with E-state index in [9.17, 15) is 0 Å². The van der Waals surface area contributed by atoms with Crippen LogP contribution in [0.2, 0.25) is 0 Å². The summed E-state index contributed by atoms with van der Waals surface area (Å²) in [7, 11) is 1.74. The maximum Gasteiger partial charge on any atom is 0.160 e. The summed E-state index contributed by atoms with van der Waals surface area (Å²) in [4.78, 5) is 9.58. The van der Waals surface area contributed by atoms with E-state index in [1.807, 2.05) is 0 Å². The number of aryl methyl sites for hydroxylation is 1. The first-order chi connectivity index (χ1) is 9.47. The number of ether oxygens (including phenoxy) is 1. The van der Waals surface area contributed by atoms with Gasteiger partial charge in [-0.05, 0) is 38.0 Å². The number of anilines is 1. The zero-order chi connectivity index (χ0) is 14.8. The monoisotopic (exact) mass is 277 g/mol. The van der Waals surface area contributed by atoms with Crippen LogP contribution in [-0.4, -0.2) is 23.6 Å². The molecule has 1 aromatic heterocycles. The number of fused-ring (bicyclic) bond motifs is 1. The van der Waals surface area contributed by atoms with Crippen molar-refractivity contribution < 1.29 is 4.74 Å². The Morgan fingerprint density at radius 1 is 1.20 bits per heavy atom. The van der Waals surface area contributed by atoms with E-state index in [2.05, 4.69) is 33.0 Å². The van der Waals surface area contributed by atoms with E-state index in [0.29, 0.717) is 0 Å². The number of nitrogens with zero attached hydrogens (tertiary/aromatic N) is 2. The average Bonchev–Trinajstić information content (AvgIpc) is 2.38. The molecule has 1 aliphatic rings. The van der Waals surface area contributed by atoms with Crippen LogP contribution in [0.3, 0.4) is 0 Å². The van der Waals surface area contributed by atoms with E-state index in [1.54, 1.807) is 7.11 Å². The molecule has 0 saturated heterocycles. The van der Waals surface area contributed by atoms with Crippen molar-refractivity contribution in [2.24, 2.45) is 5.41 Å². The van der Waals surface area contributed by atoms with Gasteiger partial charge in [0.05, 0.1) is 0 Å². The number of methoxy groups -OCH3 is 1. The number of hydrogen-bond acceptors (Lipinski definition) is 4. The summed E-state index contributed by atoms with van der Waals surface area (Å²) < 4.78 is 5.67. The molecule has 20 heavy (non-hydrogen) atoms. The Labute approximate surface area is 122 Å². The zero-order valence-electron chi connectivity index (χ0n) is 13.4. The normalized spacial score (nSPS) is 16.6. The first-order valence-electron chi connectivity index (χ1n) is 7.63. The third kappa shape index (κ3) is 3.11. The molecule has 0 saturated carbocycles. The van der Waals surface area contributed by atoms with Gasteiger partial charge in [-0.3, -0.25) is 0 Å². The highest BCUT2D eigenvalue weighted by molar-refractivity contribution is 5.48. The topological polar surface area (TPSA) is 47.0 Å². The molecule has 1 aromatic rings. The molecule has 0 bridgehead atoms. The maximum absolute atomic E-state index is 5.67. The van der Waals surface area contributed by atoms with Crippen molar-refractivity contribution in [2.75, 3.05) is 19.0 Å². The molecule has 1 atom stereocenters. The van der Waals surface area contributed by atoms with Gasteiger partial charge in [-0.15, -0.1) is 0 Å². The van der Waals surface area contributed by atoms with Crippen molar-refractivity contribution in [3.8, 4) is 0 Å². The molecule has 1 aliphatic carbocycles. The van der Waals surface area contributed by atoms with Crippen molar-refractivity contribution in [1.82, 2.24) is 9.97 Å². The van der Waals surface area contributed by atoms with Crippen LogP contribution >= 0.6 is 0 Å².